The maximum Gasteiger partial charge on any atom is 0.338 e. The Kier molecular flexibility index (Phi) is 6.57. The van der Waals surface area contributed by atoms with Crippen LogP contribution in [0.3, 0.4) is 0 Å². The van der Waals surface area contributed by atoms with E-state index in [0.29, 0.717) is 26.5 Å². The minimum absolute atomic E-state index is 0.198. The SMILES string of the molecule is CCOC(=O)c1ccc(NC(=O)Cn2cnc3sc(C)c(-c4ccc(Cl)cc4)c3c2=O)cc1. The minimum Gasteiger partial charge on any atom is -0.462 e. The van der Waals surface area contributed by atoms with Crippen LogP contribution in [0.15, 0.2) is 59.7 Å². The summed E-state index contributed by atoms with van der Waals surface area (Å²) in [6, 6.07) is 13.6. The van der Waals surface area contributed by atoms with Gasteiger partial charge in [-0.1, -0.05) is 23.7 Å². The second-order valence-corrected chi connectivity index (χ2v) is 8.88. The number of fused-ring (bicyclic) bond motifs is 1. The Balaban J connectivity index is 1.58. The van der Waals surface area contributed by atoms with Crippen LogP contribution in [-0.2, 0) is 16.1 Å². The predicted molar refractivity (Wildman–Crippen MR) is 130 cm³/mol. The number of aromatic nitrogens is 2. The number of nitrogens with one attached hydrogen (secondary N) is 1. The summed E-state index contributed by atoms with van der Waals surface area (Å²) in [5.74, 6) is -0.814. The van der Waals surface area contributed by atoms with Crippen molar-refractivity contribution in [2.24, 2.45) is 0 Å². The Morgan fingerprint density at radius 3 is 2.48 bits per heavy atom. The van der Waals surface area contributed by atoms with Crippen molar-refractivity contribution < 1.29 is 14.3 Å². The van der Waals surface area contributed by atoms with Gasteiger partial charge in [-0.3, -0.25) is 14.2 Å². The summed E-state index contributed by atoms with van der Waals surface area (Å²) in [6.45, 7) is 3.76. The number of thiophene rings is 1. The number of carbonyl (C=O) groups is 2. The number of halogens is 1. The summed E-state index contributed by atoms with van der Waals surface area (Å²) >= 11 is 7.44. The maximum absolute atomic E-state index is 13.2. The molecule has 1 N–H and O–H groups in total. The van der Waals surface area contributed by atoms with Gasteiger partial charge < -0.3 is 10.1 Å². The predicted octanol–water partition coefficient (Wildman–Crippen LogP) is 4.90. The van der Waals surface area contributed by atoms with Gasteiger partial charge in [-0.2, -0.15) is 0 Å². The van der Waals surface area contributed by atoms with Crippen LogP contribution in [0.1, 0.15) is 22.2 Å². The Bertz CT molecular complexity index is 1390. The lowest BCUT2D eigenvalue weighted by molar-refractivity contribution is -0.116. The molecule has 0 aliphatic rings. The lowest BCUT2D eigenvalue weighted by Crippen LogP contribution is -2.27. The Hall–Kier alpha value is -3.49. The number of rotatable bonds is 6. The van der Waals surface area contributed by atoms with Crippen molar-refractivity contribution in [1.82, 2.24) is 9.55 Å². The van der Waals surface area contributed by atoms with Crippen molar-refractivity contribution >= 4 is 50.7 Å². The average Bonchev–Trinajstić information content (AvgIpc) is 3.13. The molecule has 0 aliphatic heterocycles. The lowest BCUT2D eigenvalue weighted by atomic mass is 10.0. The molecular formula is C24H20ClN3O4S. The van der Waals surface area contributed by atoms with E-state index in [1.165, 1.54) is 22.2 Å². The van der Waals surface area contributed by atoms with Crippen LogP contribution in [0.4, 0.5) is 5.69 Å². The average molecular weight is 482 g/mol. The van der Waals surface area contributed by atoms with Crippen molar-refractivity contribution in [3.05, 3.63) is 80.7 Å². The number of hydrogen-bond donors (Lipinski definition) is 1. The Morgan fingerprint density at radius 2 is 1.82 bits per heavy atom. The molecule has 9 heteroatoms. The first-order chi connectivity index (χ1) is 15.9. The number of aryl methyl sites for hydroxylation is 1. The highest BCUT2D eigenvalue weighted by Crippen LogP contribution is 2.35. The van der Waals surface area contributed by atoms with Gasteiger partial charge in [0, 0.05) is 21.2 Å². The van der Waals surface area contributed by atoms with E-state index in [0.717, 1.165) is 16.0 Å². The van der Waals surface area contributed by atoms with Gasteiger partial charge in [0.15, 0.2) is 0 Å². The number of benzene rings is 2. The van der Waals surface area contributed by atoms with Crippen LogP contribution in [0.2, 0.25) is 5.02 Å². The highest BCUT2D eigenvalue weighted by molar-refractivity contribution is 7.19. The maximum atomic E-state index is 13.2. The monoisotopic (exact) mass is 481 g/mol. The molecule has 0 saturated heterocycles. The zero-order valence-electron chi connectivity index (χ0n) is 17.9. The number of anilines is 1. The number of nitrogens with zero attached hydrogens (tertiary/aromatic N) is 2. The first kappa shape index (κ1) is 22.7. The van der Waals surface area contributed by atoms with E-state index < -0.39 is 5.97 Å². The van der Waals surface area contributed by atoms with Gasteiger partial charge in [-0.15, -0.1) is 11.3 Å². The van der Waals surface area contributed by atoms with Crippen LogP contribution in [0.25, 0.3) is 21.3 Å². The number of esters is 1. The van der Waals surface area contributed by atoms with Gasteiger partial charge in [-0.05, 0) is 55.8 Å². The quantitative estimate of drug-likeness (QED) is 0.395. The third-order valence-corrected chi connectivity index (χ3v) is 6.25. The van der Waals surface area contributed by atoms with E-state index in [1.807, 2.05) is 19.1 Å². The normalized spacial score (nSPS) is 10.9. The largest absolute Gasteiger partial charge is 0.462 e. The summed E-state index contributed by atoms with van der Waals surface area (Å²) in [6.07, 6.45) is 1.38. The van der Waals surface area contributed by atoms with E-state index >= 15 is 0 Å². The molecule has 2 heterocycles. The number of amides is 1. The minimum atomic E-state index is -0.427. The molecule has 2 aromatic carbocycles. The van der Waals surface area contributed by atoms with Crippen molar-refractivity contribution in [2.45, 2.75) is 20.4 Å². The molecule has 4 rings (SSSR count). The molecule has 33 heavy (non-hydrogen) atoms. The topological polar surface area (TPSA) is 90.3 Å². The zero-order valence-corrected chi connectivity index (χ0v) is 19.5. The van der Waals surface area contributed by atoms with Gasteiger partial charge in [0.2, 0.25) is 5.91 Å². The fraction of sp³-hybridized carbons (Fsp3) is 0.167. The third kappa shape index (κ3) is 4.81. The molecule has 0 fully saturated rings. The molecule has 0 saturated carbocycles. The standard InChI is InChI=1S/C24H20ClN3O4S/c1-3-32-24(31)16-6-10-18(11-7-16)27-19(29)12-28-13-26-22-21(23(28)30)20(14(2)33-22)15-4-8-17(25)9-5-15/h4-11,13H,3,12H2,1-2H3,(H,27,29). The van der Waals surface area contributed by atoms with E-state index in [2.05, 4.69) is 10.3 Å². The van der Waals surface area contributed by atoms with Crippen LogP contribution in [0, 0.1) is 6.92 Å². The molecule has 168 valence electrons. The summed E-state index contributed by atoms with van der Waals surface area (Å²) in [5.41, 5.74) is 2.27. The molecule has 0 unspecified atom stereocenters. The molecule has 0 bridgehead atoms. The first-order valence-corrected chi connectivity index (χ1v) is 11.4. The van der Waals surface area contributed by atoms with Crippen LogP contribution < -0.4 is 10.9 Å². The van der Waals surface area contributed by atoms with Crippen molar-refractivity contribution in [2.75, 3.05) is 11.9 Å². The van der Waals surface area contributed by atoms with E-state index in [-0.39, 0.29) is 24.6 Å². The molecule has 0 aliphatic carbocycles. The first-order valence-electron chi connectivity index (χ1n) is 10.2. The molecule has 2 aromatic heterocycles. The highest BCUT2D eigenvalue weighted by Gasteiger charge is 2.18. The van der Waals surface area contributed by atoms with Crippen LogP contribution >= 0.6 is 22.9 Å². The summed E-state index contributed by atoms with van der Waals surface area (Å²) in [4.78, 5) is 43.6. The molecule has 7 nitrogen and oxygen atoms in total. The van der Waals surface area contributed by atoms with Crippen LogP contribution in [0.5, 0.6) is 0 Å². The molecule has 1 amide bonds. The number of hydrogen-bond acceptors (Lipinski definition) is 6. The van der Waals surface area contributed by atoms with Gasteiger partial charge in [0.1, 0.15) is 11.4 Å². The van der Waals surface area contributed by atoms with Crippen molar-refractivity contribution in [1.29, 1.82) is 0 Å². The zero-order chi connectivity index (χ0) is 23.5. The van der Waals surface area contributed by atoms with E-state index in [9.17, 15) is 14.4 Å². The Labute approximate surface area is 198 Å². The lowest BCUT2D eigenvalue weighted by Gasteiger charge is -2.09. The summed E-state index contributed by atoms with van der Waals surface area (Å²) in [5, 5.41) is 3.82. The summed E-state index contributed by atoms with van der Waals surface area (Å²) in [7, 11) is 0. The molecule has 4 aromatic rings. The number of ether oxygens (including phenoxy) is 1. The molecule has 0 atom stereocenters. The van der Waals surface area contributed by atoms with E-state index in [4.69, 9.17) is 16.3 Å². The Morgan fingerprint density at radius 1 is 1.12 bits per heavy atom. The van der Waals surface area contributed by atoms with Crippen molar-refractivity contribution in [3.63, 3.8) is 0 Å². The van der Waals surface area contributed by atoms with Gasteiger partial charge in [-0.25, -0.2) is 9.78 Å². The fourth-order valence-electron chi connectivity index (χ4n) is 3.47. The molecule has 0 radical (unpaired) electrons. The second kappa shape index (κ2) is 9.56. The highest BCUT2D eigenvalue weighted by atomic mass is 35.5. The second-order valence-electron chi connectivity index (χ2n) is 7.24. The van der Waals surface area contributed by atoms with Crippen LogP contribution in [-0.4, -0.2) is 28.0 Å². The number of carbonyl (C=O) groups excluding carboxylic acids is 2. The summed E-state index contributed by atoms with van der Waals surface area (Å²) < 4.78 is 6.24. The van der Waals surface area contributed by atoms with E-state index in [1.54, 1.807) is 43.3 Å². The molecular weight excluding hydrogens is 462 g/mol. The van der Waals surface area contributed by atoms with Gasteiger partial charge in [0.25, 0.3) is 5.56 Å². The third-order valence-electron chi connectivity index (χ3n) is 4.98. The van der Waals surface area contributed by atoms with Crippen molar-refractivity contribution in [3.8, 4) is 11.1 Å². The fourth-order valence-corrected chi connectivity index (χ4v) is 4.60. The van der Waals surface area contributed by atoms with Gasteiger partial charge in [0.05, 0.1) is 23.9 Å². The van der Waals surface area contributed by atoms with Gasteiger partial charge >= 0.3 is 5.97 Å². The molecule has 0 spiro atoms. The smallest absolute Gasteiger partial charge is 0.338 e.